The van der Waals surface area contributed by atoms with Crippen LogP contribution in [0.3, 0.4) is 0 Å². The third-order valence-electron chi connectivity index (χ3n) is 4.55. The number of hydrogen-bond donors (Lipinski definition) is 1. The topological polar surface area (TPSA) is 41.6 Å². The van der Waals surface area contributed by atoms with Crippen molar-refractivity contribution in [3.8, 4) is 0 Å². The fourth-order valence-electron chi connectivity index (χ4n) is 3.41. The molecule has 0 atom stereocenters. The summed E-state index contributed by atoms with van der Waals surface area (Å²) in [5.74, 6) is 1.63. The lowest BCUT2D eigenvalue weighted by molar-refractivity contribution is 0.567. The Hall–Kier alpha value is -1.61. The Morgan fingerprint density at radius 3 is 2.57 bits per heavy atom. The minimum atomic E-state index is 0.524. The number of aromatic amines is 1. The van der Waals surface area contributed by atoms with E-state index in [4.69, 9.17) is 16.6 Å². The van der Waals surface area contributed by atoms with Crippen LogP contribution >= 0.6 is 11.6 Å². The molecule has 4 rings (SSSR count). The van der Waals surface area contributed by atoms with Crippen molar-refractivity contribution < 1.29 is 0 Å². The van der Waals surface area contributed by atoms with Crippen molar-refractivity contribution in [2.75, 3.05) is 0 Å². The number of imidazole rings is 1. The van der Waals surface area contributed by atoms with Gasteiger partial charge in [0.1, 0.15) is 16.9 Å². The summed E-state index contributed by atoms with van der Waals surface area (Å²) in [5, 5.41) is 1.60. The van der Waals surface area contributed by atoms with E-state index in [0.717, 1.165) is 27.8 Å². The summed E-state index contributed by atoms with van der Waals surface area (Å²) in [4.78, 5) is 12.8. The Bertz CT molecular complexity index is 785. The smallest absolute Gasteiger partial charge is 0.155 e. The molecule has 4 heteroatoms. The van der Waals surface area contributed by atoms with E-state index in [2.05, 4.69) is 16.0 Å². The van der Waals surface area contributed by atoms with E-state index in [-0.39, 0.29) is 0 Å². The maximum Gasteiger partial charge on any atom is 0.155 e. The van der Waals surface area contributed by atoms with Crippen LogP contribution in [0, 0.1) is 0 Å². The number of nitrogens with zero attached hydrogens (tertiary/aromatic N) is 2. The Balaban J connectivity index is 1.88. The zero-order valence-corrected chi connectivity index (χ0v) is 12.7. The van der Waals surface area contributed by atoms with Gasteiger partial charge in [-0.2, -0.15) is 0 Å². The summed E-state index contributed by atoms with van der Waals surface area (Å²) in [5.41, 5.74) is 2.76. The van der Waals surface area contributed by atoms with E-state index in [1.54, 1.807) is 0 Å². The molecule has 1 fully saturated rings. The molecular weight excluding hydrogens is 282 g/mol. The number of hydrogen-bond acceptors (Lipinski definition) is 2. The Morgan fingerprint density at radius 1 is 1.00 bits per heavy atom. The molecule has 2 heterocycles. The number of nitrogens with one attached hydrogen (secondary N) is 1. The molecule has 0 spiro atoms. The summed E-state index contributed by atoms with van der Waals surface area (Å²) in [7, 11) is 0. The standard InChI is InChI=1S/C17H18ClN3/c18-16-15-14(12-9-5-6-10-13(12)19-16)20-17(21-15)11-7-3-1-2-4-8-11/h5-6,9-11H,1-4,7-8H2,(H,20,21). The van der Waals surface area contributed by atoms with Gasteiger partial charge in [0.15, 0.2) is 5.15 Å². The molecule has 1 N–H and O–H groups in total. The number of benzene rings is 1. The molecule has 3 aromatic rings. The van der Waals surface area contributed by atoms with Gasteiger partial charge >= 0.3 is 0 Å². The van der Waals surface area contributed by atoms with Crippen LogP contribution in [-0.4, -0.2) is 15.0 Å². The van der Waals surface area contributed by atoms with E-state index < -0.39 is 0 Å². The molecule has 2 aromatic heterocycles. The molecule has 0 radical (unpaired) electrons. The first-order valence-electron chi connectivity index (χ1n) is 7.77. The van der Waals surface area contributed by atoms with Crippen LogP contribution in [0.2, 0.25) is 5.15 Å². The first-order valence-corrected chi connectivity index (χ1v) is 8.14. The Labute approximate surface area is 128 Å². The van der Waals surface area contributed by atoms with Crippen LogP contribution in [0.5, 0.6) is 0 Å². The molecule has 0 aliphatic heterocycles. The van der Waals surface area contributed by atoms with Crippen molar-refractivity contribution in [3.63, 3.8) is 0 Å². The van der Waals surface area contributed by atoms with Gasteiger partial charge in [-0.05, 0) is 18.9 Å². The highest BCUT2D eigenvalue weighted by Gasteiger charge is 2.20. The van der Waals surface area contributed by atoms with Crippen LogP contribution in [-0.2, 0) is 0 Å². The van der Waals surface area contributed by atoms with Gasteiger partial charge in [-0.15, -0.1) is 0 Å². The van der Waals surface area contributed by atoms with Crippen LogP contribution < -0.4 is 0 Å². The molecule has 0 amide bonds. The lowest BCUT2D eigenvalue weighted by Gasteiger charge is -2.09. The van der Waals surface area contributed by atoms with Gasteiger partial charge in [0.05, 0.1) is 5.52 Å². The van der Waals surface area contributed by atoms with Gasteiger partial charge in [0.25, 0.3) is 0 Å². The second-order valence-corrected chi connectivity index (χ2v) is 6.31. The van der Waals surface area contributed by atoms with E-state index in [1.807, 2.05) is 18.2 Å². The van der Waals surface area contributed by atoms with Gasteiger partial charge in [0, 0.05) is 11.3 Å². The highest BCUT2D eigenvalue weighted by atomic mass is 35.5. The normalized spacial score (nSPS) is 17.4. The number of rotatable bonds is 1. The zero-order valence-electron chi connectivity index (χ0n) is 11.9. The fourth-order valence-corrected chi connectivity index (χ4v) is 3.64. The number of aromatic nitrogens is 3. The highest BCUT2D eigenvalue weighted by Crippen LogP contribution is 2.34. The second-order valence-electron chi connectivity index (χ2n) is 5.95. The van der Waals surface area contributed by atoms with Crippen LogP contribution in [0.25, 0.3) is 21.9 Å². The van der Waals surface area contributed by atoms with Gasteiger partial charge in [-0.1, -0.05) is 55.5 Å². The van der Waals surface area contributed by atoms with E-state index >= 15 is 0 Å². The molecule has 0 bridgehead atoms. The summed E-state index contributed by atoms with van der Waals surface area (Å²) in [6, 6.07) is 8.06. The predicted molar refractivity (Wildman–Crippen MR) is 86.8 cm³/mol. The van der Waals surface area contributed by atoms with Crippen molar-refractivity contribution in [2.24, 2.45) is 0 Å². The first-order chi connectivity index (χ1) is 10.3. The quantitative estimate of drug-likeness (QED) is 0.495. The van der Waals surface area contributed by atoms with Crippen LogP contribution in [0.4, 0.5) is 0 Å². The van der Waals surface area contributed by atoms with Crippen LogP contribution in [0.15, 0.2) is 24.3 Å². The Morgan fingerprint density at radius 2 is 1.76 bits per heavy atom. The maximum absolute atomic E-state index is 6.34. The van der Waals surface area contributed by atoms with Gasteiger partial charge in [0.2, 0.25) is 0 Å². The SMILES string of the molecule is Clc1nc2ccccc2c2nc(C3CCCCCC3)[nH]c12. The third kappa shape index (κ3) is 2.30. The van der Waals surface area contributed by atoms with Gasteiger partial charge in [-0.25, -0.2) is 9.97 Å². The van der Waals surface area contributed by atoms with Crippen molar-refractivity contribution in [1.29, 1.82) is 0 Å². The molecule has 3 nitrogen and oxygen atoms in total. The monoisotopic (exact) mass is 299 g/mol. The summed E-state index contributed by atoms with van der Waals surface area (Å²) < 4.78 is 0. The third-order valence-corrected chi connectivity index (χ3v) is 4.82. The molecule has 0 saturated heterocycles. The number of halogens is 1. The summed E-state index contributed by atoms with van der Waals surface area (Å²) in [6.07, 6.45) is 7.75. The van der Waals surface area contributed by atoms with E-state index in [0.29, 0.717) is 11.1 Å². The lowest BCUT2D eigenvalue weighted by Crippen LogP contribution is -1.99. The molecule has 1 aromatic carbocycles. The average molecular weight is 300 g/mol. The average Bonchev–Trinajstić information content (AvgIpc) is 2.77. The van der Waals surface area contributed by atoms with E-state index in [1.165, 1.54) is 38.5 Å². The summed E-state index contributed by atoms with van der Waals surface area (Å²) >= 11 is 6.34. The second kappa shape index (κ2) is 5.30. The molecule has 108 valence electrons. The number of pyridine rings is 1. The number of fused-ring (bicyclic) bond motifs is 3. The van der Waals surface area contributed by atoms with Crippen molar-refractivity contribution in [2.45, 2.75) is 44.4 Å². The largest absolute Gasteiger partial charge is 0.339 e. The van der Waals surface area contributed by atoms with Crippen molar-refractivity contribution in [1.82, 2.24) is 15.0 Å². The van der Waals surface area contributed by atoms with E-state index in [9.17, 15) is 0 Å². The zero-order chi connectivity index (χ0) is 14.2. The lowest BCUT2D eigenvalue weighted by atomic mass is 10.00. The van der Waals surface area contributed by atoms with Crippen molar-refractivity contribution >= 4 is 33.5 Å². The summed E-state index contributed by atoms with van der Waals surface area (Å²) in [6.45, 7) is 0. The van der Waals surface area contributed by atoms with Crippen LogP contribution in [0.1, 0.15) is 50.3 Å². The number of H-pyrrole nitrogens is 1. The first kappa shape index (κ1) is 13.1. The predicted octanol–water partition coefficient (Wildman–Crippen LogP) is 5.20. The highest BCUT2D eigenvalue weighted by molar-refractivity contribution is 6.35. The molecule has 1 aliphatic rings. The van der Waals surface area contributed by atoms with Gasteiger partial charge < -0.3 is 4.98 Å². The molecule has 21 heavy (non-hydrogen) atoms. The molecule has 1 saturated carbocycles. The maximum atomic E-state index is 6.34. The van der Waals surface area contributed by atoms with Crippen molar-refractivity contribution in [3.05, 3.63) is 35.2 Å². The minimum Gasteiger partial charge on any atom is -0.339 e. The molecule has 1 aliphatic carbocycles. The minimum absolute atomic E-state index is 0.524. The Kier molecular flexibility index (Phi) is 3.30. The molecule has 0 unspecified atom stereocenters. The number of para-hydroxylation sites is 1. The molecular formula is C17H18ClN3. The van der Waals surface area contributed by atoms with Gasteiger partial charge in [-0.3, -0.25) is 0 Å². The fraction of sp³-hybridized carbons (Fsp3) is 0.412.